The second-order valence-electron chi connectivity index (χ2n) is 4.44. The Bertz CT molecular complexity index is 314. The molecule has 2 fully saturated rings. The fraction of sp³-hybridized carbons (Fsp3) is 1.00. The van der Waals surface area contributed by atoms with E-state index in [4.69, 9.17) is 0 Å². The molecule has 0 aliphatic carbocycles. The van der Waals surface area contributed by atoms with Gasteiger partial charge in [0.15, 0.2) is 0 Å². The number of hydrogen-bond donors (Lipinski definition) is 0. The highest BCUT2D eigenvalue weighted by Crippen LogP contribution is 2.41. The second kappa shape index (κ2) is 4.26. The van der Waals surface area contributed by atoms with Crippen molar-refractivity contribution in [3.05, 3.63) is 0 Å². The monoisotopic (exact) mass is 249 g/mol. The van der Waals surface area contributed by atoms with Crippen molar-refractivity contribution in [2.24, 2.45) is 0 Å². The van der Waals surface area contributed by atoms with Gasteiger partial charge in [0.05, 0.1) is 5.75 Å². The summed E-state index contributed by atoms with van der Waals surface area (Å²) in [7, 11) is -2.96. The molecule has 0 amide bonds. The van der Waals surface area contributed by atoms with Crippen LogP contribution in [0.4, 0.5) is 0 Å². The van der Waals surface area contributed by atoms with Crippen molar-refractivity contribution in [1.29, 1.82) is 0 Å². The summed E-state index contributed by atoms with van der Waals surface area (Å²) in [6, 6.07) is 0.595. The number of piperidine rings is 1. The number of thioether (sulfide) groups is 1. The van der Waals surface area contributed by atoms with E-state index in [0.717, 1.165) is 25.7 Å². The van der Waals surface area contributed by atoms with Gasteiger partial charge < -0.3 is 0 Å². The van der Waals surface area contributed by atoms with Gasteiger partial charge in [-0.15, -0.1) is 0 Å². The maximum Gasteiger partial charge on any atom is 0.214 e. The van der Waals surface area contributed by atoms with Gasteiger partial charge >= 0.3 is 0 Å². The van der Waals surface area contributed by atoms with Gasteiger partial charge in [-0.3, -0.25) is 0 Å². The zero-order chi connectivity index (χ0) is 11.1. The molecule has 0 aromatic heterocycles. The van der Waals surface area contributed by atoms with Gasteiger partial charge in [0.2, 0.25) is 10.0 Å². The molecule has 2 bridgehead atoms. The summed E-state index contributed by atoms with van der Waals surface area (Å²) in [4.78, 5) is 0. The highest BCUT2D eigenvalue weighted by atomic mass is 32.2. The zero-order valence-electron chi connectivity index (χ0n) is 9.35. The Hall–Kier alpha value is 0.260. The summed E-state index contributed by atoms with van der Waals surface area (Å²) in [6.45, 7) is 1.75. The van der Waals surface area contributed by atoms with Crippen molar-refractivity contribution in [2.75, 3.05) is 12.0 Å². The maximum atomic E-state index is 11.9. The standard InChI is InChI=1S/C10H19NO2S2/c1-3-15(12,13)11-8-4-5-9(11)7-10(6-8)14-2/h8-10H,3-7H2,1-2H3. The molecular formula is C10H19NO2S2. The van der Waals surface area contributed by atoms with E-state index in [1.54, 1.807) is 6.92 Å². The molecule has 0 saturated carbocycles. The van der Waals surface area contributed by atoms with Crippen molar-refractivity contribution in [3.63, 3.8) is 0 Å². The third kappa shape index (κ3) is 2.06. The first-order valence-corrected chi connectivity index (χ1v) is 8.52. The molecule has 5 heteroatoms. The first kappa shape index (κ1) is 11.7. The lowest BCUT2D eigenvalue weighted by atomic mass is 10.1. The van der Waals surface area contributed by atoms with Crippen LogP contribution in [0.25, 0.3) is 0 Å². The molecule has 15 heavy (non-hydrogen) atoms. The van der Waals surface area contributed by atoms with Gasteiger partial charge in [0.1, 0.15) is 0 Å². The molecule has 0 aromatic rings. The van der Waals surface area contributed by atoms with Crippen LogP contribution in [0.5, 0.6) is 0 Å². The first-order chi connectivity index (χ1) is 7.08. The summed E-state index contributed by atoms with van der Waals surface area (Å²) in [5, 5.41) is 0.672. The molecule has 3 nitrogen and oxygen atoms in total. The fourth-order valence-electron chi connectivity index (χ4n) is 2.88. The van der Waals surface area contributed by atoms with Gasteiger partial charge in [-0.05, 0) is 38.9 Å². The molecule has 0 N–H and O–H groups in total. The minimum atomic E-state index is -2.96. The lowest BCUT2D eigenvalue weighted by molar-refractivity contribution is 0.254. The van der Waals surface area contributed by atoms with Gasteiger partial charge in [-0.1, -0.05) is 0 Å². The SMILES string of the molecule is CCS(=O)(=O)N1C2CCC1CC(SC)C2. The van der Waals surface area contributed by atoms with Crippen molar-refractivity contribution < 1.29 is 8.42 Å². The number of hydrogen-bond acceptors (Lipinski definition) is 3. The summed E-state index contributed by atoms with van der Waals surface area (Å²) in [5.41, 5.74) is 0. The van der Waals surface area contributed by atoms with Crippen LogP contribution in [-0.4, -0.2) is 42.1 Å². The van der Waals surface area contributed by atoms with Crippen LogP contribution < -0.4 is 0 Å². The van der Waals surface area contributed by atoms with E-state index < -0.39 is 10.0 Å². The summed E-state index contributed by atoms with van der Waals surface area (Å²) in [5.74, 6) is 0.254. The van der Waals surface area contributed by atoms with Crippen molar-refractivity contribution in [2.45, 2.75) is 49.9 Å². The predicted octanol–water partition coefficient (Wildman–Crippen LogP) is 1.69. The zero-order valence-corrected chi connectivity index (χ0v) is 11.0. The van der Waals surface area contributed by atoms with E-state index in [0.29, 0.717) is 17.3 Å². The van der Waals surface area contributed by atoms with Crippen molar-refractivity contribution >= 4 is 21.8 Å². The number of fused-ring (bicyclic) bond motifs is 2. The Balaban J connectivity index is 2.18. The largest absolute Gasteiger partial charge is 0.214 e. The van der Waals surface area contributed by atoms with Crippen LogP contribution >= 0.6 is 11.8 Å². The fourth-order valence-corrected chi connectivity index (χ4v) is 5.30. The molecule has 88 valence electrons. The van der Waals surface area contributed by atoms with Crippen molar-refractivity contribution in [3.8, 4) is 0 Å². The quantitative estimate of drug-likeness (QED) is 0.764. The highest BCUT2D eigenvalue weighted by Gasteiger charge is 2.45. The van der Waals surface area contributed by atoms with Gasteiger partial charge in [0, 0.05) is 17.3 Å². The molecule has 2 aliphatic rings. The van der Waals surface area contributed by atoms with Crippen LogP contribution in [-0.2, 0) is 10.0 Å². The molecular weight excluding hydrogens is 230 g/mol. The average Bonchev–Trinajstić information content (AvgIpc) is 2.51. The van der Waals surface area contributed by atoms with Gasteiger partial charge in [-0.2, -0.15) is 16.1 Å². The van der Waals surface area contributed by atoms with Crippen molar-refractivity contribution in [1.82, 2.24) is 4.31 Å². The molecule has 2 unspecified atom stereocenters. The second-order valence-corrected chi connectivity index (χ2v) is 7.75. The van der Waals surface area contributed by atoms with Crippen LogP contribution in [0, 0.1) is 0 Å². The van der Waals surface area contributed by atoms with E-state index in [1.807, 2.05) is 16.1 Å². The summed E-state index contributed by atoms with van der Waals surface area (Å²) < 4.78 is 25.7. The van der Waals surface area contributed by atoms with Gasteiger partial charge in [-0.25, -0.2) is 8.42 Å². The normalized spacial score (nSPS) is 37.1. The molecule has 0 spiro atoms. The minimum absolute atomic E-state index is 0.254. The molecule has 2 atom stereocenters. The number of nitrogens with zero attached hydrogens (tertiary/aromatic N) is 1. The third-order valence-electron chi connectivity index (χ3n) is 3.64. The molecule has 2 saturated heterocycles. The highest BCUT2D eigenvalue weighted by molar-refractivity contribution is 7.99. The average molecular weight is 249 g/mol. The van der Waals surface area contributed by atoms with E-state index in [9.17, 15) is 8.42 Å². The van der Waals surface area contributed by atoms with E-state index in [1.165, 1.54) is 0 Å². The minimum Gasteiger partial charge on any atom is -0.212 e. The molecule has 2 rings (SSSR count). The first-order valence-electron chi connectivity index (χ1n) is 5.62. The Morgan fingerprint density at radius 1 is 1.27 bits per heavy atom. The smallest absolute Gasteiger partial charge is 0.212 e. The summed E-state index contributed by atoms with van der Waals surface area (Å²) in [6.07, 6.45) is 6.38. The van der Waals surface area contributed by atoms with E-state index >= 15 is 0 Å². The van der Waals surface area contributed by atoms with Crippen LogP contribution in [0.3, 0.4) is 0 Å². The van der Waals surface area contributed by atoms with Crippen LogP contribution in [0.15, 0.2) is 0 Å². The van der Waals surface area contributed by atoms with Crippen LogP contribution in [0.1, 0.15) is 32.6 Å². The lowest BCUT2D eigenvalue weighted by Crippen LogP contribution is -2.47. The molecule has 0 aromatic carbocycles. The Labute approximate surface area is 96.7 Å². The Morgan fingerprint density at radius 2 is 1.80 bits per heavy atom. The van der Waals surface area contributed by atoms with Gasteiger partial charge in [0.25, 0.3) is 0 Å². The molecule has 2 aliphatic heterocycles. The Kier molecular flexibility index (Phi) is 3.33. The third-order valence-corrected chi connectivity index (χ3v) is 6.66. The van der Waals surface area contributed by atoms with E-state index in [-0.39, 0.29) is 5.75 Å². The number of sulfonamides is 1. The maximum absolute atomic E-state index is 11.9. The number of rotatable bonds is 3. The van der Waals surface area contributed by atoms with E-state index in [2.05, 4.69) is 6.26 Å². The van der Waals surface area contributed by atoms with Crippen LogP contribution in [0.2, 0.25) is 0 Å². The summed E-state index contributed by atoms with van der Waals surface area (Å²) >= 11 is 1.89. The molecule has 0 radical (unpaired) electrons. The molecule has 2 heterocycles. The lowest BCUT2D eigenvalue weighted by Gasteiger charge is -2.37. The topological polar surface area (TPSA) is 37.4 Å². The predicted molar refractivity (Wildman–Crippen MR) is 64.6 cm³/mol. The Morgan fingerprint density at radius 3 is 2.20 bits per heavy atom.